The van der Waals surface area contributed by atoms with Crippen molar-refractivity contribution in [2.75, 3.05) is 7.11 Å². The van der Waals surface area contributed by atoms with E-state index in [1.54, 1.807) is 7.11 Å². The molecule has 0 atom stereocenters. The molecule has 2 aromatic carbocycles. The molecule has 1 aromatic heterocycles. The van der Waals surface area contributed by atoms with Gasteiger partial charge in [0.25, 0.3) is 0 Å². The number of halogens is 1. The van der Waals surface area contributed by atoms with E-state index < -0.39 is 0 Å². The van der Waals surface area contributed by atoms with Crippen molar-refractivity contribution in [2.24, 2.45) is 0 Å². The summed E-state index contributed by atoms with van der Waals surface area (Å²) in [5, 5.41) is 3.64. The van der Waals surface area contributed by atoms with Crippen LogP contribution in [0, 0.1) is 3.70 Å². The number of H-pyrrole nitrogens is 1. The number of methoxy groups -OCH3 is 1. The Labute approximate surface area is 107 Å². The Kier molecular flexibility index (Phi) is 2.28. The molecule has 2 nitrogen and oxygen atoms in total. The quantitative estimate of drug-likeness (QED) is 0.674. The first-order valence-electron chi connectivity index (χ1n) is 5.03. The summed E-state index contributed by atoms with van der Waals surface area (Å²) in [7, 11) is 1.71. The molecule has 1 heterocycles. The van der Waals surface area contributed by atoms with Crippen molar-refractivity contribution in [1.82, 2.24) is 4.98 Å². The van der Waals surface area contributed by atoms with Crippen molar-refractivity contribution in [1.29, 1.82) is 0 Å². The molecule has 0 aliphatic carbocycles. The third-order valence-electron chi connectivity index (χ3n) is 2.79. The monoisotopic (exact) mass is 323 g/mol. The van der Waals surface area contributed by atoms with Crippen molar-refractivity contribution in [2.45, 2.75) is 0 Å². The van der Waals surface area contributed by atoms with Crippen LogP contribution in [0.25, 0.3) is 21.7 Å². The van der Waals surface area contributed by atoms with E-state index in [0.717, 1.165) is 20.4 Å². The summed E-state index contributed by atoms with van der Waals surface area (Å²) >= 11 is 2.29. The second kappa shape index (κ2) is 3.66. The van der Waals surface area contributed by atoms with E-state index in [0.29, 0.717) is 0 Å². The van der Waals surface area contributed by atoms with Crippen molar-refractivity contribution in [3.8, 4) is 5.75 Å². The average molecular weight is 323 g/mol. The number of nitrogens with one attached hydrogen (secondary N) is 1. The van der Waals surface area contributed by atoms with E-state index in [9.17, 15) is 0 Å². The van der Waals surface area contributed by atoms with Crippen LogP contribution in [0.15, 0.2) is 36.4 Å². The van der Waals surface area contributed by atoms with Gasteiger partial charge in [0.15, 0.2) is 0 Å². The van der Waals surface area contributed by atoms with Gasteiger partial charge in [-0.05, 0) is 34.0 Å². The molecule has 3 aromatic rings. The van der Waals surface area contributed by atoms with Crippen LogP contribution in [0.3, 0.4) is 0 Å². The lowest BCUT2D eigenvalue weighted by molar-refractivity contribution is 0.420. The second-order valence-electron chi connectivity index (χ2n) is 3.70. The summed E-state index contributed by atoms with van der Waals surface area (Å²) in [5.74, 6) is 0.918. The first-order valence-corrected chi connectivity index (χ1v) is 6.11. The molecule has 16 heavy (non-hydrogen) atoms. The van der Waals surface area contributed by atoms with E-state index in [2.05, 4.69) is 57.9 Å². The van der Waals surface area contributed by atoms with Gasteiger partial charge in [0.2, 0.25) is 0 Å². The molecule has 0 unspecified atom stereocenters. The highest BCUT2D eigenvalue weighted by Gasteiger charge is 2.08. The van der Waals surface area contributed by atoms with E-state index in [1.807, 2.05) is 6.07 Å². The van der Waals surface area contributed by atoms with E-state index in [4.69, 9.17) is 4.74 Å². The van der Waals surface area contributed by atoms with Gasteiger partial charge in [-0.3, -0.25) is 0 Å². The molecule has 0 aliphatic rings. The van der Waals surface area contributed by atoms with Crippen LogP contribution in [0.5, 0.6) is 5.75 Å². The number of aromatic amines is 1. The Bertz CT molecular complexity index is 672. The fraction of sp³-hybridized carbons (Fsp3) is 0.0769. The average Bonchev–Trinajstić information content (AvgIpc) is 2.68. The molecular weight excluding hydrogens is 313 g/mol. The second-order valence-corrected chi connectivity index (χ2v) is 4.87. The number of aromatic nitrogens is 1. The maximum absolute atomic E-state index is 5.42. The minimum atomic E-state index is 0.918. The van der Waals surface area contributed by atoms with Crippen LogP contribution >= 0.6 is 22.6 Å². The lowest BCUT2D eigenvalue weighted by atomic mass is 10.1. The molecule has 0 aliphatic heterocycles. The smallest absolute Gasteiger partial charge is 0.128 e. The summed E-state index contributed by atoms with van der Waals surface area (Å²) in [4.78, 5) is 3.33. The van der Waals surface area contributed by atoms with E-state index >= 15 is 0 Å². The summed E-state index contributed by atoms with van der Waals surface area (Å²) in [6, 6.07) is 12.5. The van der Waals surface area contributed by atoms with E-state index in [-0.39, 0.29) is 0 Å². The SMILES string of the molecule is COc1cc2[nH]c(I)cc2c2ccccc12. The summed E-state index contributed by atoms with van der Waals surface area (Å²) in [5.41, 5.74) is 1.12. The van der Waals surface area contributed by atoms with Gasteiger partial charge in [-0.15, -0.1) is 0 Å². The zero-order valence-corrected chi connectivity index (χ0v) is 10.9. The van der Waals surface area contributed by atoms with Gasteiger partial charge in [-0.2, -0.15) is 0 Å². The fourth-order valence-corrected chi connectivity index (χ4v) is 2.69. The Morgan fingerprint density at radius 1 is 1.06 bits per heavy atom. The van der Waals surface area contributed by atoms with E-state index in [1.165, 1.54) is 10.8 Å². The van der Waals surface area contributed by atoms with Crippen molar-refractivity contribution < 1.29 is 4.74 Å². The zero-order valence-electron chi connectivity index (χ0n) is 8.75. The van der Waals surface area contributed by atoms with Crippen LogP contribution in [0.1, 0.15) is 0 Å². The molecule has 1 N–H and O–H groups in total. The third kappa shape index (κ3) is 1.38. The van der Waals surface area contributed by atoms with Crippen LogP contribution < -0.4 is 4.74 Å². The molecule has 0 amide bonds. The maximum atomic E-state index is 5.42. The van der Waals surface area contributed by atoms with Gasteiger partial charge in [0.1, 0.15) is 5.75 Å². The van der Waals surface area contributed by atoms with Crippen molar-refractivity contribution in [3.63, 3.8) is 0 Å². The van der Waals surface area contributed by atoms with Crippen LogP contribution in [0.4, 0.5) is 0 Å². The van der Waals surface area contributed by atoms with Crippen LogP contribution in [0.2, 0.25) is 0 Å². The summed E-state index contributed by atoms with van der Waals surface area (Å²) < 4.78 is 6.57. The van der Waals surface area contributed by atoms with Crippen LogP contribution in [-0.2, 0) is 0 Å². The topological polar surface area (TPSA) is 25.0 Å². The normalized spacial score (nSPS) is 11.1. The molecule has 0 spiro atoms. The van der Waals surface area contributed by atoms with Gasteiger partial charge < -0.3 is 9.72 Å². The number of ether oxygens (including phenoxy) is 1. The van der Waals surface area contributed by atoms with Crippen molar-refractivity contribution in [3.05, 3.63) is 40.1 Å². The molecular formula is C13H10INO. The highest BCUT2D eigenvalue weighted by Crippen LogP contribution is 2.33. The first kappa shape index (κ1) is 9.96. The minimum absolute atomic E-state index is 0.918. The fourth-order valence-electron chi connectivity index (χ4n) is 2.08. The number of fused-ring (bicyclic) bond motifs is 3. The number of benzene rings is 2. The standard InChI is InChI=1S/C13H10INO/c1-16-12-7-11-10(6-13(14)15-11)8-4-2-3-5-9(8)12/h2-7,15H,1H3. The molecule has 0 bridgehead atoms. The number of hydrogen-bond acceptors (Lipinski definition) is 1. The summed E-state index contributed by atoms with van der Waals surface area (Å²) in [6.07, 6.45) is 0. The highest BCUT2D eigenvalue weighted by molar-refractivity contribution is 14.1. The van der Waals surface area contributed by atoms with Gasteiger partial charge in [0, 0.05) is 16.8 Å². The van der Waals surface area contributed by atoms with Gasteiger partial charge in [0.05, 0.1) is 16.3 Å². The minimum Gasteiger partial charge on any atom is -0.496 e. The highest BCUT2D eigenvalue weighted by atomic mass is 127. The number of hydrogen-bond donors (Lipinski definition) is 1. The Balaban J connectivity index is 2.56. The van der Waals surface area contributed by atoms with Gasteiger partial charge in [-0.1, -0.05) is 24.3 Å². The number of rotatable bonds is 1. The van der Waals surface area contributed by atoms with Crippen LogP contribution in [-0.4, -0.2) is 12.1 Å². The molecule has 0 saturated heterocycles. The molecule has 3 heteroatoms. The molecule has 0 fully saturated rings. The molecule has 3 rings (SSSR count). The first-order chi connectivity index (χ1) is 7.79. The lowest BCUT2D eigenvalue weighted by Gasteiger charge is -2.06. The maximum Gasteiger partial charge on any atom is 0.128 e. The Morgan fingerprint density at radius 3 is 2.56 bits per heavy atom. The molecule has 0 radical (unpaired) electrons. The van der Waals surface area contributed by atoms with Gasteiger partial charge in [-0.25, -0.2) is 0 Å². The predicted octanol–water partition coefficient (Wildman–Crippen LogP) is 3.93. The third-order valence-corrected chi connectivity index (χ3v) is 3.37. The van der Waals surface area contributed by atoms with Crippen molar-refractivity contribution >= 4 is 44.3 Å². The largest absolute Gasteiger partial charge is 0.496 e. The molecule has 80 valence electrons. The summed E-state index contributed by atoms with van der Waals surface area (Å²) in [6.45, 7) is 0. The predicted molar refractivity (Wildman–Crippen MR) is 75.1 cm³/mol. The van der Waals surface area contributed by atoms with Gasteiger partial charge >= 0.3 is 0 Å². The Morgan fingerprint density at radius 2 is 1.81 bits per heavy atom. The zero-order chi connectivity index (χ0) is 11.1. The lowest BCUT2D eigenvalue weighted by Crippen LogP contribution is -1.85. The Hall–Kier alpha value is -1.23. The molecule has 0 saturated carbocycles.